The lowest BCUT2D eigenvalue weighted by Gasteiger charge is -2.34. The highest BCUT2D eigenvalue weighted by Crippen LogP contribution is 2.31. The Bertz CT molecular complexity index is 445. The molecule has 0 amide bonds. The summed E-state index contributed by atoms with van der Waals surface area (Å²) in [5.74, 6) is 0.304. The first kappa shape index (κ1) is 12.2. The number of aromatic nitrogens is 1. The van der Waals surface area contributed by atoms with E-state index in [4.69, 9.17) is 0 Å². The minimum Gasteiger partial charge on any atom is -0.399 e. The van der Waals surface area contributed by atoms with Gasteiger partial charge in [-0.05, 0) is 22.0 Å². The normalized spacial score (nSPS) is 14.9. The fourth-order valence-corrected chi connectivity index (χ4v) is 1.95. The minimum atomic E-state index is -2.54. The topological polar surface area (TPSA) is 37.7 Å². The van der Waals surface area contributed by atoms with Crippen LogP contribution in [-0.2, 0) is 4.84 Å². The average molecular weight is 306 g/mol. The lowest BCUT2D eigenvalue weighted by atomic mass is 10.1. The van der Waals surface area contributed by atoms with Crippen LogP contribution in [0.5, 0.6) is 0 Å². The molecule has 0 spiro atoms. The van der Waals surface area contributed by atoms with E-state index in [2.05, 4.69) is 30.9 Å². The summed E-state index contributed by atoms with van der Waals surface area (Å²) in [7, 11) is 1.46. The van der Waals surface area contributed by atoms with Crippen LogP contribution in [0.1, 0.15) is 12.0 Å². The van der Waals surface area contributed by atoms with Gasteiger partial charge in [0.15, 0.2) is 0 Å². The lowest BCUT2D eigenvalue weighted by molar-refractivity contribution is 0.151. The van der Waals surface area contributed by atoms with Crippen LogP contribution in [0.3, 0.4) is 0 Å². The monoisotopic (exact) mass is 305 g/mol. The van der Waals surface area contributed by atoms with Gasteiger partial charge in [-0.3, -0.25) is 0 Å². The van der Waals surface area contributed by atoms with Crippen LogP contribution in [0.25, 0.3) is 0 Å². The predicted molar refractivity (Wildman–Crippen MR) is 63.6 cm³/mol. The van der Waals surface area contributed by atoms with Crippen LogP contribution in [0.4, 0.5) is 14.6 Å². The molecule has 0 bridgehead atoms. The summed E-state index contributed by atoms with van der Waals surface area (Å²) in [5.41, 5.74) is 0.744. The van der Waals surface area contributed by atoms with E-state index < -0.39 is 6.43 Å². The molecule has 0 atom stereocenters. The van der Waals surface area contributed by atoms with E-state index in [1.54, 1.807) is 4.90 Å². The molecule has 0 N–H and O–H groups in total. The summed E-state index contributed by atoms with van der Waals surface area (Å²) in [4.78, 5) is 10.4. The van der Waals surface area contributed by atoms with Crippen molar-refractivity contribution in [1.82, 2.24) is 4.98 Å². The van der Waals surface area contributed by atoms with Gasteiger partial charge < -0.3 is 9.74 Å². The van der Waals surface area contributed by atoms with Gasteiger partial charge in [0.25, 0.3) is 6.43 Å². The van der Waals surface area contributed by atoms with Gasteiger partial charge in [0.1, 0.15) is 12.9 Å². The first-order chi connectivity index (χ1) is 8.11. The molecule has 0 aromatic carbocycles. The first-order valence-electron chi connectivity index (χ1n) is 4.89. The fraction of sp³-hybridized carbons (Fsp3) is 0.400. The van der Waals surface area contributed by atoms with E-state index in [9.17, 15) is 8.78 Å². The molecule has 1 aromatic heterocycles. The smallest absolute Gasteiger partial charge is 0.267 e. The molecule has 4 nitrogen and oxygen atoms in total. The van der Waals surface area contributed by atoms with Gasteiger partial charge in [0, 0.05) is 10.7 Å². The summed E-state index contributed by atoms with van der Waals surface area (Å²) >= 11 is 3.13. The molecule has 2 heterocycles. The van der Waals surface area contributed by atoms with Gasteiger partial charge in [-0.15, -0.1) is 0 Å². The lowest BCUT2D eigenvalue weighted by Crippen LogP contribution is -2.48. The molecule has 1 aliphatic heterocycles. The zero-order valence-electron chi connectivity index (χ0n) is 9.03. The number of alkyl halides is 2. The molecular weight excluding hydrogens is 296 g/mol. The summed E-state index contributed by atoms with van der Waals surface area (Å²) < 4.78 is 26.2. The standard InChI is InChI=1S/C10H10BrF2N3O/c1-17-15-7-4-16(5-7)10-8(9(12)13)2-6(11)3-14-10/h2-3,9H,4-5H2,1H3. The molecule has 17 heavy (non-hydrogen) atoms. The van der Waals surface area contributed by atoms with Gasteiger partial charge in [-0.1, -0.05) is 5.16 Å². The Morgan fingerprint density at radius 1 is 1.53 bits per heavy atom. The number of rotatable bonds is 3. The summed E-state index contributed by atoms with van der Waals surface area (Å²) in [5, 5.41) is 3.75. The first-order valence-corrected chi connectivity index (χ1v) is 5.68. The molecule has 0 radical (unpaired) electrons. The van der Waals surface area contributed by atoms with Gasteiger partial charge in [-0.25, -0.2) is 13.8 Å². The zero-order chi connectivity index (χ0) is 12.4. The van der Waals surface area contributed by atoms with Crippen molar-refractivity contribution >= 4 is 27.5 Å². The second-order valence-corrected chi connectivity index (χ2v) is 4.48. The molecule has 92 valence electrons. The number of oxime groups is 1. The number of anilines is 1. The van der Waals surface area contributed by atoms with Gasteiger partial charge in [-0.2, -0.15) is 0 Å². The van der Waals surface area contributed by atoms with E-state index in [0.717, 1.165) is 5.71 Å². The number of hydrogen-bond donors (Lipinski definition) is 0. The van der Waals surface area contributed by atoms with Crippen molar-refractivity contribution < 1.29 is 13.6 Å². The minimum absolute atomic E-state index is 0.0733. The third-order valence-electron chi connectivity index (χ3n) is 2.36. The van der Waals surface area contributed by atoms with Crippen molar-refractivity contribution in [2.45, 2.75) is 6.43 Å². The van der Waals surface area contributed by atoms with E-state index >= 15 is 0 Å². The van der Waals surface area contributed by atoms with E-state index in [1.165, 1.54) is 19.4 Å². The number of nitrogens with zero attached hydrogens (tertiary/aromatic N) is 3. The molecule has 0 aliphatic carbocycles. The zero-order valence-corrected chi connectivity index (χ0v) is 10.6. The van der Waals surface area contributed by atoms with Crippen LogP contribution in [0, 0.1) is 0 Å². The van der Waals surface area contributed by atoms with Crippen LogP contribution >= 0.6 is 15.9 Å². The molecule has 1 aliphatic rings. The van der Waals surface area contributed by atoms with Crippen molar-refractivity contribution in [3.05, 3.63) is 22.3 Å². The summed E-state index contributed by atoms with van der Waals surface area (Å²) in [6.45, 7) is 0.949. The van der Waals surface area contributed by atoms with E-state index in [1.807, 2.05) is 0 Å². The SMILES string of the molecule is CON=C1CN(c2ncc(Br)cc2C(F)F)C1. The van der Waals surface area contributed by atoms with Crippen molar-refractivity contribution in [2.75, 3.05) is 25.1 Å². The maximum atomic E-state index is 12.8. The fourth-order valence-electron chi connectivity index (χ4n) is 1.60. The van der Waals surface area contributed by atoms with Gasteiger partial charge in [0.2, 0.25) is 0 Å². The highest BCUT2D eigenvalue weighted by atomic mass is 79.9. The Balaban J connectivity index is 2.20. The van der Waals surface area contributed by atoms with Crippen molar-refractivity contribution in [3.8, 4) is 0 Å². The van der Waals surface area contributed by atoms with Crippen LogP contribution in [0.2, 0.25) is 0 Å². The Morgan fingerprint density at radius 3 is 2.82 bits per heavy atom. The second kappa shape index (κ2) is 4.95. The van der Waals surface area contributed by atoms with E-state index in [0.29, 0.717) is 23.4 Å². The van der Waals surface area contributed by atoms with Crippen molar-refractivity contribution in [3.63, 3.8) is 0 Å². The molecule has 1 aromatic rings. The largest absolute Gasteiger partial charge is 0.399 e. The molecule has 0 saturated carbocycles. The Morgan fingerprint density at radius 2 is 2.24 bits per heavy atom. The number of halogens is 3. The maximum absolute atomic E-state index is 12.8. The molecule has 2 rings (SSSR count). The Labute approximate surface area is 105 Å². The molecule has 1 saturated heterocycles. The average Bonchev–Trinajstić information content (AvgIpc) is 2.23. The highest BCUT2D eigenvalue weighted by molar-refractivity contribution is 9.10. The maximum Gasteiger partial charge on any atom is 0.267 e. The van der Waals surface area contributed by atoms with Crippen LogP contribution < -0.4 is 4.90 Å². The van der Waals surface area contributed by atoms with Crippen LogP contribution in [0.15, 0.2) is 21.9 Å². The Hall–Kier alpha value is -1.24. The molecule has 0 unspecified atom stereocenters. The Kier molecular flexibility index (Phi) is 3.56. The third-order valence-corrected chi connectivity index (χ3v) is 2.80. The summed E-state index contributed by atoms with van der Waals surface area (Å²) in [6.07, 6.45) is -1.04. The quantitative estimate of drug-likeness (QED) is 0.806. The molecule has 7 heteroatoms. The van der Waals surface area contributed by atoms with Crippen molar-refractivity contribution in [1.29, 1.82) is 0 Å². The van der Waals surface area contributed by atoms with Gasteiger partial charge >= 0.3 is 0 Å². The molecule has 1 fully saturated rings. The van der Waals surface area contributed by atoms with Gasteiger partial charge in [0.05, 0.1) is 24.4 Å². The number of hydrogen-bond acceptors (Lipinski definition) is 4. The second-order valence-electron chi connectivity index (χ2n) is 3.56. The predicted octanol–water partition coefficient (Wildman–Crippen LogP) is 2.60. The highest BCUT2D eigenvalue weighted by Gasteiger charge is 2.28. The van der Waals surface area contributed by atoms with E-state index in [-0.39, 0.29) is 5.56 Å². The van der Waals surface area contributed by atoms with Crippen molar-refractivity contribution in [2.24, 2.45) is 5.16 Å². The van der Waals surface area contributed by atoms with Crippen LogP contribution in [-0.4, -0.2) is 30.9 Å². The number of pyridine rings is 1. The third kappa shape index (κ3) is 2.54. The summed E-state index contributed by atoms with van der Waals surface area (Å²) in [6, 6.07) is 1.39. The molecular formula is C10H10BrF2N3O.